The van der Waals surface area contributed by atoms with Gasteiger partial charge in [-0.2, -0.15) is 0 Å². The summed E-state index contributed by atoms with van der Waals surface area (Å²) in [6.45, 7) is 9.00. The number of benzene rings is 4. The van der Waals surface area contributed by atoms with E-state index in [0.717, 1.165) is 0 Å². The van der Waals surface area contributed by atoms with E-state index in [1.807, 2.05) is 0 Å². The molecule has 1 unspecified atom stereocenters. The summed E-state index contributed by atoms with van der Waals surface area (Å²) in [5.74, 6) is 0.204. The van der Waals surface area contributed by atoms with Crippen molar-refractivity contribution in [3.63, 3.8) is 0 Å². The van der Waals surface area contributed by atoms with E-state index in [9.17, 15) is 0 Å². The van der Waals surface area contributed by atoms with Gasteiger partial charge in [0, 0.05) is 0 Å². The predicted octanol–water partition coefficient (Wildman–Crippen LogP) is -2.43. The quantitative estimate of drug-likeness (QED) is 0.235. The third-order valence-electron chi connectivity index (χ3n) is 5.63. The Labute approximate surface area is 247 Å². The fourth-order valence-electron chi connectivity index (χ4n) is 4.33. The van der Waals surface area contributed by atoms with Crippen LogP contribution in [0, 0.1) is 0 Å². The van der Waals surface area contributed by atoms with Crippen LogP contribution >= 0.6 is 0 Å². The van der Waals surface area contributed by atoms with Crippen molar-refractivity contribution in [2.45, 2.75) is 5.92 Å². The summed E-state index contributed by atoms with van der Waals surface area (Å²) >= 11 is 2.96. The first-order valence-electron chi connectivity index (χ1n) is 10.6. The van der Waals surface area contributed by atoms with Gasteiger partial charge in [0.15, 0.2) is 0 Å². The molecule has 6 heteroatoms. The van der Waals surface area contributed by atoms with E-state index in [1.165, 1.54) is 43.1 Å². The van der Waals surface area contributed by atoms with E-state index < -0.39 is 0 Å². The number of rotatable bonds is 4. The zero-order valence-corrected chi connectivity index (χ0v) is 23.4. The van der Waals surface area contributed by atoms with Crippen LogP contribution in [-0.4, -0.2) is 13.6 Å². The number of carbonyl (C=O) groups excluding carboxylic acids is 2. The number of hydrogen-bond donors (Lipinski definition) is 0. The molecule has 0 saturated heterocycles. The van der Waals surface area contributed by atoms with Gasteiger partial charge in [0.1, 0.15) is 0 Å². The molecule has 4 aromatic rings. The van der Waals surface area contributed by atoms with Crippen LogP contribution < -0.4 is 37.2 Å². The van der Waals surface area contributed by atoms with E-state index >= 15 is 0 Å². The van der Waals surface area contributed by atoms with Crippen molar-refractivity contribution in [3.05, 3.63) is 148 Å². The molecule has 2 nitrogen and oxygen atoms in total. The zero-order valence-electron chi connectivity index (χ0n) is 19.4. The Morgan fingerprint density at radius 1 is 0.459 bits per heavy atom. The summed E-state index contributed by atoms with van der Waals surface area (Å²) in [7, 11) is 0. The summed E-state index contributed by atoms with van der Waals surface area (Å²) in [6.07, 6.45) is 0. The van der Waals surface area contributed by atoms with Gasteiger partial charge < -0.3 is 37.2 Å². The van der Waals surface area contributed by atoms with Crippen LogP contribution in [0.25, 0.3) is 16.7 Å². The van der Waals surface area contributed by atoms with Gasteiger partial charge in [-0.3, -0.25) is 9.59 Å². The third-order valence-corrected chi connectivity index (χ3v) is 6.57. The Kier molecular flexibility index (Phi) is 16.3. The van der Waals surface area contributed by atoms with Crippen molar-refractivity contribution in [1.82, 2.24) is 0 Å². The fraction of sp³-hybridized carbons (Fsp3) is 0.0323. The van der Waals surface area contributed by atoms with Crippen LogP contribution in [0.5, 0.6) is 0 Å². The third kappa shape index (κ3) is 7.60. The molecule has 0 spiro atoms. The Hall–Kier alpha value is -2.81. The van der Waals surface area contributed by atoms with Gasteiger partial charge in [-0.25, -0.2) is 0 Å². The van der Waals surface area contributed by atoms with Gasteiger partial charge in [0.05, 0.1) is 0 Å². The Morgan fingerprint density at radius 3 is 1.19 bits per heavy atom. The molecular weight excluding hydrogens is 612 g/mol. The van der Waals surface area contributed by atoms with Crippen molar-refractivity contribution in [2.75, 3.05) is 0 Å². The van der Waals surface area contributed by atoms with Crippen LogP contribution in [0.4, 0.5) is 0 Å². The molecule has 4 radical (unpaired) electrons. The summed E-state index contributed by atoms with van der Waals surface area (Å²) in [6, 6.07) is 43.3. The van der Waals surface area contributed by atoms with E-state index in [4.69, 9.17) is 9.59 Å². The molecule has 4 aromatic carbocycles. The molecule has 1 aliphatic carbocycles. The van der Waals surface area contributed by atoms with Crippen molar-refractivity contribution < 1.29 is 65.1 Å². The molecule has 1 aliphatic rings. The molecule has 1 atom stereocenters. The van der Waals surface area contributed by atoms with E-state index in [1.54, 1.807) is 0 Å². The summed E-state index contributed by atoms with van der Waals surface area (Å²) < 4.78 is 1.34. The average molecular weight is 633 g/mol. The molecule has 0 aliphatic heterocycles. The van der Waals surface area contributed by atoms with Gasteiger partial charge >= 0.3 is 189 Å². The van der Waals surface area contributed by atoms with E-state index in [-0.39, 0.29) is 43.1 Å². The predicted molar refractivity (Wildman–Crippen MR) is 134 cm³/mol. The second-order valence-electron chi connectivity index (χ2n) is 7.44. The van der Waals surface area contributed by atoms with Crippen LogP contribution in [0.3, 0.4) is 0 Å². The van der Waals surface area contributed by atoms with Crippen LogP contribution in [0.1, 0.15) is 28.2 Å². The maximum atomic E-state index is 7.50. The second kappa shape index (κ2) is 17.6. The number of hydrogen-bond acceptors (Lipinski definition) is 2. The minimum atomic E-state index is 0. The summed E-state index contributed by atoms with van der Waals surface area (Å²) in [5, 5.41) is 0. The van der Waals surface area contributed by atoms with E-state index in [0.29, 0.717) is 0 Å². The summed E-state index contributed by atoms with van der Waals surface area (Å²) in [4.78, 5) is 15.0. The first-order chi connectivity index (χ1) is 16.8. The summed E-state index contributed by atoms with van der Waals surface area (Å²) in [5.41, 5.74) is 9.15. The monoisotopic (exact) mass is 632 g/mol. The van der Waals surface area contributed by atoms with Gasteiger partial charge in [-0.05, 0) is 0 Å². The van der Waals surface area contributed by atoms with Crippen molar-refractivity contribution in [2.24, 2.45) is 0 Å². The second-order valence-corrected chi connectivity index (χ2v) is 8.38. The molecule has 37 heavy (non-hydrogen) atoms. The molecule has 0 N–H and O–H groups in total. The molecule has 0 saturated carbocycles. The molecule has 5 rings (SSSR count). The minimum absolute atomic E-state index is 0. The normalized spacial score (nSPS) is 13.4. The molecule has 0 bridgehead atoms. The van der Waals surface area contributed by atoms with Crippen molar-refractivity contribution in [1.29, 1.82) is 0 Å². The van der Waals surface area contributed by atoms with Crippen LogP contribution in [-0.2, 0) is 27.9 Å². The average Bonchev–Trinajstić information content (AvgIpc) is 3.25. The topological polar surface area (TPSA) is 34.1 Å². The SMILES string of the molecule is [C]=O.[C]=O.[Cl-].[Cl-].[Cl-].[Ru+3][C]1=C(c2ccccc2)C(c2ccccc2)=C(c2ccccc2)C1c1ccccc1. The Balaban J connectivity index is 0.00000177. The Bertz CT molecular complexity index is 1260. The molecule has 0 fully saturated rings. The van der Waals surface area contributed by atoms with Crippen LogP contribution in [0.15, 0.2) is 125 Å². The standard InChI is InChI=1S/C29H21.2CO.3ClH.Ru/c1-5-13-22(14-6-1)26-21-27(23-15-7-2-8-16-23)29(25-19-11-4-12-20-25)28(26)24-17-9-3-10-18-24;2*1-2;;;;/h1-20,26H;;;3*1H;/q;;;;;;+3/p-3. The van der Waals surface area contributed by atoms with Gasteiger partial charge in [-0.1, -0.05) is 0 Å². The van der Waals surface area contributed by atoms with Gasteiger partial charge in [-0.15, -0.1) is 0 Å². The number of allylic oxidation sites excluding steroid dienone is 4. The first-order valence-corrected chi connectivity index (χ1v) is 11.5. The fourth-order valence-corrected chi connectivity index (χ4v) is 5.34. The molecule has 186 valence electrons. The molecule has 0 amide bonds. The maximum absolute atomic E-state index is 7.50. The van der Waals surface area contributed by atoms with Crippen LogP contribution in [0.2, 0.25) is 0 Å². The Morgan fingerprint density at radius 2 is 0.784 bits per heavy atom. The van der Waals surface area contributed by atoms with E-state index in [2.05, 4.69) is 153 Å². The molecule has 0 heterocycles. The van der Waals surface area contributed by atoms with Gasteiger partial charge in [0.2, 0.25) is 0 Å². The molecule has 0 aromatic heterocycles. The number of halogens is 3. The van der Waals surface area contributed by atoms with Crippen molar-refractivity contribution >= 4 is 30.3 Å². The van der Waals surface area contributed by atoms with Gasteiger partial charge in [0.25, 0.3) is 13.6 Å². The zero-order chi connectivity index (χ0) is 24.3. The van der Waals surface area contributed by atoms with Crippen molar-refractivity contribution in [3.8, 4) is 0 Å². The molecular formula is C31H21Cl3O2Ru. The first kappa shape index (κ1) is 34.2.